The van der Waals surface area contributed by atoms with E-state index in [1.807, 2.05) is 22.7 Å². The molecule has 10 aromatic rings. The predicted molar refractivity (Wildman–Crippen MR) is 288 cm³/mol. The molecule has 66 heavy (non-hydrogen) atoms. The fourth-order valence-corrected chi connectivity index (χ4v) is 14.1. The van der Waals surface area contributed by atoms with E-state index in [0.29, 0.717) is 0 Å². The molecule has 0 bridgehead atoms. The van der Waals surface area contributed by atoms with Crippen molar-refractivity contribution in [2.24, 2.45) is 0 Å². The molecule has 0 unspecified atom stereocenters. The Kier molecular flexibility index (Phi) is 8.23. The summed E-state index contributed by atoms with van der Waals surface area (Å²) in [4.78, 5) is 5.35. The molecule has 326 valence electrons. The van der Waals surface area contributed by atoms with Crippen LogP contribution in [0.2, 0.25) is 0 Å². The quantitative estimate of drug-likeness (QED) is 0.161. The highest BCUT2D eigenvalue weighted by Gasteiger charge is 2.49. The minimum Gasteiger partial charge on any atom is -0.454 e. The molecular weight excluding hydrogens is 840 g/mol. The molecule has 0 fully saturated rings. The van der Waals surface area contributed by atoms with Crippen LogP contribution in [-0.2, 0) is 21.7 Å². The number of fused-ring (bicyclic) bond motifs is 14. The molecule has 0 saturated carbocycles. The Morgan fingerprint density at radius 2 is 1.18 bits per heavy atom. The van der Waals surface area contributed by atoms with Crippen molar-refractivity contribution in [3.63, 3.8) is 0 Å². The summed E-state index contributed by atoms with van der Waals surface area (Å²) in [5.41, 5.74) is 17.5. The van der Waals surface area contributed by atoms with E-state index in [9.17, 15) is 0 Å². The Bertz CT molecular complexity index is 3700. The molecule has 0 N–H and O–H groups in total. The smallest absolute Gasteiger partial charge is 0.343 e. The molecule has 0 saturated heterocycles. The normalized spacial score (nSPS) is 16.4. The van der Waals surface area contributed by atoms with Gasteiger partial charge in [-0.15, -0.1) is 22.7 Å². The molecule has 13 rings (SSSR count). The van der Waals surface area contributed by atoms with Crippen molar-refractivity contribution in [1.29, 1.82) is 0 Å². The van der Waals surface area contributed by atoms with Gasteiger partial charge in [-0.1, -0.05) is 130 Å². The van der Waals surface area contributed by atoms with Crippen molar-refractivity contribution in [3.05, 3.63) is 150 Å². The van der Waals surface area contributed by atoms with E-state index in [-0.39, 0.29) is 28.5 Å². The van der Waals surface area contributed by atoms with Gasteiger partial charge in [-0.2, -0.15) is 0 Å². The van der Waals surface area contributed by atoms with Crippen molar-refractivity contribution >= 4 is 120 Å². The molecule has 3 nitrogen and oxygen atoms in total. The Morgan fingerprint density at radius 1 is 0.530 bits per heavy atom. The van der Waals surface area contributed by atoms with Crippen LogP contribution in [0.25, 0.3) is 63.3 Å². The third-order valence-corrected chi connectivity index (χ3v) is 18.0. The molecule has 2 aliphatic heterocycles. The van der Waals surface area contributed by atoms with Crippen LogP contribution in [0.5, 0.6) is 0 Å². The zero-order chi connectivity index (χ0) is 45.4. The monoisotopic (exact) mass is 894 g/mol. The number of hydrogen-bond donors (Lipinski definition) is 0. The number of rotatable bonds is 2. The lowest BCUT2D eigenvalue weighted by atomic mass is 9.46. The van der Waals surface area contributed by atoms with Crippen LogP contribution in [-0.4, -0.2) is 6.85 Å². The average molecular weight is 895 g/mol. The fourth-order valence-electron chi connectivity index (χ4n) is 11.8. The maximum absolute atomic E-state index is 7.29. The second-order valence-electron chi connectivity index (χ2n) is 22.8. The van der Waals surface area contributed by atoms with Gasteiger partial charge in [0.15, 0.2) is 5.58 Å². The topological polar surface area (TPSA) is 19.6 Å². The lowest BCUT2D eigenvalue weighted by Crippen LogP contribution is -2.60. The van der Waals surface area contributed by atoms with E-state index >= 15 is 0 Å². The molecule has 6 heteroatoms. The van der Waals surface area contributed by atoms with Crippen LogP contribution in [0.1, 0.15) is 104 Å². The molecule has 1 aliphatic carbocycles. The highest BCUT2D eigenvalue weighted by molar-refractivity contribution is 7.32. The van der Waals surface area contributed by atoms with Crippen LogP contribution in [0.15, 0.2) is 132 Å². The van der Waals surface area contributed by atoms with E-state index < -0.39 is 0 Å². The van der Waals surface area contributed by atoms with Gasteiger partial charge < -0.3 is 14.1 Å². The zero-order valence-corrected chi connectivity index (χ0v) is 41.4. The minimum atomic E-state index is -0.123. The highest BCUT2D eigenvalue weighted by Crippen LogP contribution is 2.56. The number of nitrogens with zero attached hydrogens (tertiary/aromatic N) is 2. The molecule has 5 heterocycles. The van der Waals surface area contributed by atoms with Crippen LogP contribution in [0, 0.1) is 0 Å². The Labute approximate surface area is 396 Å². The van der Waals surface area contributed by atoms with Gasteiger partial charge >= 0.3 is 6.85 Å². The molecule has 0 atom stereocenters. The van der Waals surface area contributed by atoms with Gasteiger partial charge in [0.1, 0.15) is 5.58 Å². The van der Waals surface area contributed by atoms with Crippen molar-refractivity contribution < 1.29 is 4.42 Å². The van der Waals surface area contributed by atoms with Gasteiger partial charge in [-0.25, -0.2) is 0 Å². The summed E-state index contributed by atoms with van der Waals surface area (Å²) in [6.07, 6.45) is 2.33. The summed E-state index contributed by atoms with van der Waals surface area (Å²) in [5.74, 6) is 0. The molecule has 3 aromatic heterocycles. The second-order valence-corrected chi connectivity index (χ2v) is 25.0. The first-order valence-electron chi connectivity index (χ1n) is 23.8. The largest absolute Gasteiger partial charge is 0.454 e. The number of furan rings is 1. The Hall–Kier alpha value is -5.82. The minimum absolute atomic E-state index is 0.0265. The van der Waals surface area contributed by atoms with Crippen LogP contribution >= 0.6 is 22.7 Å². The van der Waals surface area contributed by atoms with Crippen LogP contribution in [0.4, 0.5) is 28.4 Å². The summed E-state index contributed by atoms with van der Waals surface area (Å²) in [6, 6.07) is 49.3. The first kappa shape index (κ1) is 40.5. The van der Waals surface area contributed by atoms with E-state index in [2.05, 4.69) is 206 Å². The van der Waals surface area contributed by atoms with Crippen molar-refractivity contribution in [1.82, 2.24) is 0 Å². The van der Waals surface area contributed by atoms with Gasteiger partial charge in [0.25, 0.3) is 0 Å². The predicted octanol–water partition coefficient (Wildman–Crippen LogP) is 16.8. The van der Waals surface area contributed by atoms with E-state index in [0.717, 1.165) is 34.0 Å². The van der Waals surface area contributed by atoms with Crippen molar-refractivity contribution in [2.45, 2.75) is 104 Å². The third kappa shape index (κ3) is 5.67. The maximum atomic E-state index is 7.29. The highest BCUT2D eigenvalue weighted by atomic mass is 32.1. The van der Waals surface area contributed by atoms with Gasteiger partial charge in [0, 0.05) is 68.4 Å². The molecule has 0 amide bonds. The number of hydrogen-bond acceptors (Lipinski definition) is 5. The molecular formula is C60H55BN2OS2. The summed E-state index contributed by atoms with van der Waals surface area (Å²) in [7, 11) is 0. The van der Waals surface area contributed by atoms with Gasteiger partial charge in [-0.3, -0.25) is 0 Å². The standard InChI is InChI=1S/C60H55BN2OS2/c1-57(2,3)34-19-22-36(23-20-34)63-47-33-51-41(39-16-12-14-18-49(39)65-51)31-40(47)42-32-43-38-15-11-13-17-48(38)64-55(43)54-52(42)61(63)56-53(44-29-35(58(4,5)6)21-26-50(44)66-56)62(54)37-24-25-45-46(30-37)60(9,10)28-27-59(45,7)8/h11-26,29-33H,27-28H2,1-10H3. The van der Waals surface area contributed by atoms with E-state index in [4.69, 9.17) is 4.42 Å². The summed E-state index contributed by atoms with van der Waals surface area (Å²) in [6.45, 7) is 23.6. The fraction of sp³-hybridized carbons (Fsp3) is 0.267. The first-order valence-corrected chi connectivity index (χ1v) is 25.5. The van der Waals surface area contributed by atoms with E-state index in [1.54, 1.807) is 0 Å². The number of anilines is 5. The Morgan fingerprint density at radius 3 is 1.94 bits per heavy atom. The van der Waals surface area contributed by atoms with E-state index in [1.165, 1.54) is 103 Å². The zero-order valence-electron chi connectivity index (χ0n) is 39.7. The molecule has 0 radical (unpaired) electrons. The summed E-state index contributed by atoms with van der Waals surface area (Å²) < 4.78 is 12.6. The summed E-state index contributed by atoms with van der Waals surface area (Å²) in [5, 5.41) is 6.23. The Balaban J connectivity index is 1.22. The number of benzene rings is 7. The van der Waals surface area contributed by atoms with Crippen molar-refractivity contribution in [3.8, 4) is 11.1 Å². The first-order chi connectivity index (χ1) is 31.5. The van der Waals surface area contributed by atoms with Gasteiger partial charge in [0.2, 0.25) is 0 Å². The molecule has 3 aliphatic rings. The molecule has 0 spiro atoms. The van der Waals surface area contributed by atoms with Crippen LogP contribution in [0.3, 0.4) is 0 Å². The average Bonchev–Trinajstić information content (AvgIpc) is 3.98. The van der Waals surface area contributed by atoms with Gasteiger partial charge in [-0.05, 0) is 135 Å². The van der Waals surface area contributed by atoms with Gasteiger partial charge in [0.05, 0.1) is 11.4 Å². The number of thiophene rings is 2. The van der Waals surface area contributed by atoms with Crippen LogP contribution < -0.4 is 20.0 Å². The SMILES string of the molecule is CC(C)(C)c1ccc(N2B3c4sc5ccc(C(C)(C)C)cc5c4N(c4ccc5c(c4)C(C)(C)CCC5(C)C)c4c3c(cc3c4oc4ccccc43)-c3cc4c(cc32)sc2ccccc24)cc1. The number of para-hydroxylation sites is 1. The third-order valence-electron chi connectivity index (χ3n) is 15.6. The second kappa shape index (κ2) is 13.4. The summed E-state index contributed by atoms with van der Waals surface area (Å²) >= 11 is 3.88. The van der Waals surface area contributed by atoms with Crippen molar-refractivity contribution in [2.75, 3.05) is 9.71 Å². The molecule has 7 aromatic carbocycles. The maximum Gasteiger partial charge on any atom is 0.343 e. The lowest BCUT2D eigenvalue weighted by Gasteiger charge is -2.45. The lowest BCUT2D eigenvalue weighted by molar-refractivity contribution is 0.332.